The predicted molar refractivity (Wildman–Crippen MR) is 126 cm³/mol. The molecule has 0 aromatic heterocycles. The minimum Gasteiger partial charge on any atom is -0.493 e. The summed E-state index contributed by atoms with van der Waals surface area (Å²) < 4.78 is 10.6. The largest absolute Gasteiger partial charge is 0.493 e. The normalized spacial score (nSPS) is 10.5. The highest BCUT2D eigenvalue weighted by Gasteiger charge is 2.11. The van der Waals surface area contributed by atoms with Gasteiger partial charge in [-0.25, -0.2) is 0 Å². The first kappa shape index (κ1) is 24.3. The summed E-state index contributed by atoms with van der Waals surface area (Å²) in [5.41, 5.74) is 1.53. The molecule has 0 aliphatic carbocycles. The fourth-order valence-corrected chi connectivity index (χ4v) is 2.80. The van der Waals surface area contributed by atoms with Crippen molar-refractivity contribution in [2.75, 3.05) is 32.2 Å². The SMILES string of the molecule is COCCCNC(=O)c1cccc(NC(=S)NC(=O)c2cccc(OCC(C)C)c2)c1. The molecule has 2 amide bonds. The van der Waals surface area contributed by atoms with Gasteiger partial charge in [0.05, 0.1) is 6.61 Å². The minimum absolute atomic E-state index is 0.135. The first-order chi connectivity index (χ1) is 14.9. The Morgan fingerprint density at radius 2 is 1.74 bits per heavy atom. The predicted octanol–water partition coefficient (Wildman–Crippen LogP) is 3.61. The smallest absolute Gasteiger partial charge is 0.257 e. The number of carbonyl (C=O) groups is 2. The van der Waals surface area contributed by atoms with Gasteiger partial charge in [0.1, 0.15) is 5.75 Å². The van der Waals surface area contributed by atoms with E-state index in [4.69, 9.17) is 21.7 Å². The summed E-state index contributed by atoms with van der Waals surface area (Å²) in [6.07, 6.45) is 0.736. The molecule has 0 aliphatic heterocycles. The molecule has 7 nitrogen and oxygen atoms in total. The molecule has 8 heteroatoms. The second-order valence-corrected chi connectivity index (χ2v) is 7.73. The quantitative estimate of drug-likeness (QED) is 0.384. The molecule has 2 rings (SSSR count). The van der Waals surface area contributed by atoms with Crippen LogP contribution in [-0.2, 0) is 4.74 Å². The molecule has 0 spiro atoms. The van der Waals surface area contributed by atoms with E-state index in [-0.39, 0.29) is 16.9 Å². The van der Waals surface area contributed by atoms with Crippen molar-refractivity contribution in [1.82, 2.24) is 10.6 Å². The van der Waals surface area contributed by atoms with Crippen molar-refractivity contribution in [3.8, 4) is 5.75 Å². The van der Waals surface area contributed by atoms with E-state index in [0.29, 0.717) is 48.2 Å². The van der Waals surface area contributed by atoms with Gasteiger partial charge >= 0.3 is 0 Å². The molecule has 0 saturated heterocycles. The number of rotatable bonds is 10. The van der Waals surface area contributed by atoms with Crippen LogP contribution in [0.4, 0.5) is 5.69 Å². The van der Waals surface area contributed by atoms with Crippen LogP contribution in [-0.4, -0.2) is 43.8 Å². The molecule has 0 radical (unpaired) electrons. The molecule has 0 saturated carbocycles. The summed E-state index contributed by atoms with van der Waals surface area (Å²) >= 11 is 5.25. The average molecular weight is 444 g/mol. The van der Waals surface area contributed by atoms with E-state index >= 15 is 0 Å². The highest BCUT2D eigenvalue weighted by Crippen LogP contribution is 2.15. The Morgan fingerprint density at radius 1 is 1.03 bits per heavy atom. The molecule has 0 aliphatic rings. The van der Waals surface area contributed by atoms with Gasteiger partial charge in [0.25, 0.3) is 11.8 Å². The molecule has 2 aromatic rings. The summed E-state index contributed by atoms with van der Waals surface area (Å²) in [5.74, 6) is 0.481. The van der Waals surface area contributed by atoms with E-state index in [2.05, 4.69) is 29.8 Å². The molecule has 0 unspecified atom stereocenters. The first-order valence-corrected chi connectivity index (χ1v) is 10.5. The Labute approximate surface area is 188 Å². The molecule has 166 valence electrons. The number of carbonyl (C=O) groups excluding carboxylic acids is 2. The Hall–Kier alpha value is -2.97. The summed E-state index contributed by atoms with van der Waals surface area (Å²) in [6.45, 7) is 5.80. The maximum atomic E-state index is 12.5. The van der Waals surface area contributed by atoms with Crippen molar-refractivity contribution in [3.05, 3.63) is 59.7 Å². The Bertz CT molecular complexity index is 902. The monoisotopic (exact) mass is 443 g/mol. The Morgan fingerprint density at radius 3 is 2.45 bits per heavy atom. The molecule has 3 N–H and O–H groups in total. The first-order valence-electron chi connectivity index (χ1n) is 10.1. The van der Waals surface area contributed by atoms with E-state index in [0.717, 1.165) is 6.42 Å². The topological polar surface area (TPSA) is 88.7 Å². The van der Waals surface area contributed by atoms with E-state index in [1.807, 2.05) is 6.07 Å². The molecule has 0 atom stereocenters. The van der Waals surface area contributed by atoms with Gasteiger partial charge in [-0.15, -0.1) is 0 Å². The highest BCUT2D eigenvalue weighted by molar-refractivity contribution is 7.80. The number of hydrogen-bond acceptors (Lipinski definition) is 5. The van der Waals surface area contributed by atoms with E-state index in [9.17, 15) is 9.59 Å². The van der Waals surface area contributed by atoms with Crippen molar-refractivity contribution in [3.63, 3.8) is 0 Å². The molecule has 0 fully saturated rings. The Kier molecular flexibility index (Phi) is 9.93. The molecule has 31 heavy (non-hydrogen) atoms. The highest BCUT2D eigenvalue weighted by atomic mass is 32.1. The van der Waals surface area contributed by atoms with Gasteiger partial charge in [-0.1, -0.05) is 26.0 Å². The molecular formula is C23H29N3O4S. The summed E-state index contributed by atoms with van der Waals surface area (Å²) in [6, 6.07) is 13.8. The zero-order chi connectivity index (χ0) is 22.6. The van der Waals surface area contributed by atoms with Gasteiger partial charge in [-0.2, -0.15) is 0 Å². The van der Waals surface area contributed by atoms with Crippen molar-refractivity contribution in [2.45, 2.75) is 20.3 Å². The van der Waals surface area contributed by atoms with E-state index < -0.39 is 0 Å². The molecule has 2 aromatic carbocycles. The second kappa shape index (κ2) is 12.7. The number of thiocarbonyl (C=S) groups is 1. The van der Waals surface area contributed by atoms with Gasteiger partial charge in [0.2, 0.25) is 0 Å². The summed E-state index contributed by atoms with van der Waals surface area (Å²) in [5, 5.41) is 8.55. The molecule has 0 bridgehead atoms. The Balaban J connectivity index is 1.91. The van der Waals surface area contributed by atoms with Gasteiger partial charge in [0, 0.05) is 37.1 Å². The third-order valence-electron chi connectivity index (χ3n) is 4.10. The van der Waals surface area contributed by atoms with Crippen LogP contribution >= 0.6 is 12.2 Å². The fraction of sp³-hybridized carbons (Fsp3) is 0.348. The number of amides is 2. The van der Waals surface area contributed by atoms with Crippen LogP contribution in [0.5, 0.6) is 5.75 Å². The van der Waals surface area contributed by atoms with E-state index in [1.54, 1.807) is 49.6 Å². The fourth-order valence-electron chi connectivity index (χ4n) is 2.59. The van der Waals surface area contributed by atoms with Gasteiger partial charge < -0.3 is 20.1 Å². The lowest BCUT2D eigenvalue weighted by atomic mass is 10.2. The van der Waals surface area contributed by atoms with Gasteiger partial charge in [-0.05, 0) is 61.0 Å². The maximum Gasteiger partial charge on any atom is 0.257 e. The number of nitrogens with one attached hydrogen (secondary N) is 3. The minimum atomic E-state index is -0.348. The van der Waals surface area contributed by atoms with Crippen LogP contribution < -0.4 is 20.7 Å². The van der Waals surface area contributed by atoms with Crippen molar-refractivity contribution >= 4 is 34.8 Å². The van der Waals surface area contributed by atoms with Crippen LogP contribution in [0.1, 0.15) is 41.0 Å². The summed E-state index contributed by atoms with van der Waals surface area (Å²) in [7, 11) is 1.62. The van der Waals surface area contributed by atoms with Crippen LogP contribution in [0.15, 0.2) is 48.5 Å². The number of anilines is 1. The van der Waals surface area contributed by atoms with Gasteiger partial charge in [0.15, 0.2) is 5.11 Å². The van der Waals surface area contributed by atoms with Crippen LogP contribution in [0.2, 0.25) is 0 Å². The second-order valence-electron chi connectivity index (χ2n) is 7.32. The summed E-state index contributed by atoms with van der Waals surface area (Å²) in [4.78, 5) is 24.8. The average Bonchev–Trinajstić information content (AvgIpc) is 2.75. The lowest BCUT2D eigenvalue weighted by molar-refractivity contribution is 0.0946. The van der Waals surface area contributed by atoms with E-state index in [1.165, 1.54) is 0 Å². The number of benzene rings is 2. The lowest BCUT2D eigenvalue weighted by Crippen LogP contribution is -2.34. The molecule has 0 heterocycles. The van der Waals surface area contributed by atoms with Gasteiger partial charge in [-0.3, -0.25) is 14.9 Å². The van der Waals surface area contributed by atoms with Crippen molar-refractivity contribution < 1.29 is 19.1 Å². The lowest BCUT2D eigenvalue weighted by Gasteiger charge is -2.12. The number of ether oxygens (including phenoxy) is 2. The zero-order valence-electron chi connectivity index (χ0n) is 18.1. The standard InChI is InChI=1S/C23H29N3O4S/c1-16(2)15-30-20-10-5-8-18(14-20)22(28)26-23(31)25-19-9-4-7-17(13-19)21(27)24-11-6-12-29-3/h4-5,7-10,13-14,16H,6,11-12,15H2,1-3H3,(H,24,27)(H2,25,26,28,31). The van der Waals surface area contributed by atoms with Crippen LogP contribution in [0, 0.1) is 5.92 Å². The van der Waals surface area contributed by atoms with Crippen molar-refractivity contribution in [2.24, 2.45) is 5.92 Å². The number of methoxy groups -OCH3 is 1. The van der Waals surface area contributed by atoms with Crippen LogP contribution in [0.25, 0.3) is 0 Å². The number of hydrogen-bond donors (Lipinski definition) is 3. The van der Waals surface area contributed by atoms with Crippen LogP contribution in [0.3, 0.4) is 0 Å². The molecular weight excluding hydrogens is 414 g/mol. The van der Waals surface area contributed by atoms with Crippen molar-refractivity contribution in [1.29, 1.82) is 0 Å². The third kappa shape index (κ3) is 8.74. The third-order valence-corrected chi connectivity index (χ3v) is 4.30. The zero-order valence-corrected chi connectivity index (χ0v) is 18.9. The maximum absolute atomic E-state index is 12.5.